The van der Waals surface area contributed by atoms with Crippen LogP contribution in [0.1, 0.15) is 37.5 Å². The van der Waals surface area contributed by atoms with Gasteiger partial charge in [0.05, 0.1) is 17.3 Å². The molecule has 2 aliphatic rings. The number of anilines is 1. The Kier molecular flexibility index (Phi) is 6.41. The van der Waals surface area contributed by atoms with Gasteiger partial charge < -0.3 is 21.1 Å². The number of aromatic nitrogens is 3. The van der Waals surface area contributed by atoms with Crippen molar-refractivity contribution in [3.63, 3.8) is 0 Å². The van der Waals surface area contributed by atoms with Crippen LogP contribution < -0.4 is 21.1 Å². The predicted octanol–water partition coefficient (Wildman–Crippen LogP) is 4.63. The van der Waals surface area contributed by atoms with Crippen molar-refractivity contribution in [2.45, 2.75) is 31.9 Å². The molecule has 0 bridgehead atoms. The molecule has 34 heavy (non-hydrogen) atoms. The zero-order chi connectivity index (χ0) is 23.9. The predicted molar refractivity (Wildman–Crippen MR) is 132 cm³/mol. The third-order valence-electron chi connectivity index (χ3n) is 6.98. The van der Waals surface area contributed by atoms with Crippen molar-refractivity contribution in [2.75, 3.05) is 31.9 Å². The van der Waals surface area contributed by atoms with Crippen LogP contribution in [-0.2, 0) is 0 Å². The van der Waals surface area contributed by atoms with E-state index >= 15 is 0 Å². The molecule has 2 aliphatic heterocycles. The number of hydrogen-bond acceptors (Lipinski definition) is 6. The van der Waals surface area contributed by atoms with Crippen LogP contribution in [0.5, 0.6) is 5.75 Å². The Morgan fingerprint density at radius 2 is 2.00 bits per heavy atom. The molecule has 4 heterocycles. The van der Waals surface area contributed by atoms with Crippen LogP contribution in [0.4, 0.5) is 10.2 Å². The van der Waals surface area contributed by atoms with E-state index in [4.69, 9.17) is 38.8 Å². The van der Waals surface area contributed by atoms with Gasteiger partial charge in [0.25, 0.3) is 0 Å². The summed E-state index contributed by atoms with van der Waals surface area (Å²) in [6.45, 7) is 5.73. The Labute approximate surface area is 207 Å². The van der Waals surface area contributed by atoms with Crippen molar-refractivity contribution in [2.24, 2.45) is 5.41 Å². The fourth-order valence-electron chi connectivity index (χ4n) is 5.14. The van der Waals surface area contributed by atoms with E-state index in [1.807, 2.05) is 12.3 Å². The van der Waals surface area contributed by atoms with Gasteiger partial charge in [0, 0.05) is 52.6 Å². The summed E-state index contributed by atoms with van der Waals surface area (Å²) in [7, 11) is 0. The van der Waals surface area contributed by atoms with Gasteiger partial charge in [-0.3, -0.25) is 4.68 Å². The second-order valence-electron chi connectivity index (χ2n) is 9.10. The zero-order valence-electron chi connectivity index (χ0n) is 18.8. The Morgan fingerprint density at radius 3 is 2.79 bits per heavy atom. The first-order valence-electron chi connectivity index (χ1n) is 11.4. The zero-order valence-corrected chi connectivity index (χ0v) is 20.3. The van der Waals surface area contributed by atoms with E-state index in [-0.39, 0.29) is 16.3 Å². The average Bonchev–Trinajstić information content (AvgIpc) is 3.49. The fraction of sp³-hybridized carbons (Fsp3) is 0.417. The minimum atomic E-state index is -0.637. The molecule has 2 fully saturated rings. The molecule has 0 radical (unpaired) electrons. The number of hydrogen-bond donors (Lipinski definition) is 3. The lowest BCUT2D eigenvalue weighted by atomic mass is 9.75. The maximum absolute atomic E-state index is 14.0. The van der Waals surface area contributed by atoms with Gasteiger partial charge in [-0.1, -0.05) is 23.2 Å². The first kappa shape index (κ1) is 23.4. The number of benzene rings is 1. The van der Waals surface area contributed by atoms with Gasteiger partial charge in [-0.2, -0.15) is 5.10 Å². The highest BCUT2D eigenvalue weighted by Crippen LogP contribution is 2.42. The van der Waals surface area contributed by atoms with Gasteiger partial charge in [0.2, 0.25) is 0 Å². The van der Waals surface area contributed by atoms with Crippen molar-refractivity contribution in [1.82, 2.24) is 25.4 Å². The molecule has 0 aliphatic carbocycles. The van der Waals surface area contributed by atoms with Crippen LogP contribution in [-0.4, -0.2) is 40.9 Å². The van der Waals surface area contributed by atoms with Gasteiger partial charge in [-0.15, -0.1) is 0 Å². The van der Waals surface area contributed by atoms with E-state index in [1.54, 1.807) is 13.1 Å². The second kappa shape index (κ2) is 9.34. The van der Waals surface area contributed by atoms with Crippen molar-refractivity contribution in [1.29, 1.82) is 0 Å². The quantitative estimate of drug-likeness (QED) is 0.439. The summed E-state index contributed by atoms with van der Waals surface area (Å²) < 4.78 is 22.1. The smallest absolute Gasteiger partial charge is 0.166 e. The van der Waals surface area contributed by atoms with E-state index in [2.05, 4.69) is 26.5 Å². The third-order valence-corrected chi connectivity index (χ3v) is 7.69. The molecule has 2 unspecified atom stereocenters. The second-order valence-corrected chi connectivity index (χ2v) is 9.89. The minimum absolute atomic E-state index is 0.0683. The molecule has 3 aromatic rings. The molecule has 7 nitrogen and oxygen atoms in total. The van der Waals surface area contributed by atoms with Crippen molar-refractivity contribution in [3.05, 3.63) is 58.2 Å². The monoisotopic (exact) mass is 504 g/mol. The van der Waals surface area contributed by atoms with Crippen LogP contribution >= 0.6 is 23.2 Å². The first-order chi connectivity index (χ1) is 16.4. The standard InChI is InChI=1S/C24H27Cl2FN6O/c1-14(21-17(25)2-3-18(27)22(21)26)34-19-8-15(9-31-23(19)28)16-10-32-33(11-16)20-4-6-29-12-24(20)5-7-30-13-24/h2-3,8-11,14,20,29-30H,4-7,12-13H2,1H3,(H2,28,31)/t14-,20?,24?/m1/s1. The molecule has 180 valence electrons. The van der Waals surface area contributed by atoms with Crippen LogP contribution in [0.2, 0.25) is 10.0 Å². The fourth-order valence-corrected chi connectivity index (χ4v) is 5.82. The van der Waals surface area contributed by atoms with Crippen molar-refractivity contribution in [3.8, 4) is 16.9 Å². The number of pyridine rings is 1. The summed E-state index contributed by atoms with van der Waals surface area (Å²) in [5.74, 6) is 0.0328. The average molecular weight is 505 g/mol. The molecular weight excluding hydrogens is 478 g/mol. The molecule has 5 rings (SSSR count). The Hall–Kier alpha value is -2.39. The molecule has 2 saturated heterocycles. The van der Waals surface area contributed by atoms with E-state index in [0.29, 0.717) is 22.4 Å². The summed E-state index contributed by atoms with van der Waals surface area (Å²) in [4.78, 5) is 4.31. The maximum atomic E-state index is 14.0. The van der Waals surface area contributed by atoms with E-state index in [0.717, 1.165) is 50.1 Å². The van der Waals surface area contributed by atoms with Crippen LogP contribution in [0.15, 0.2) is 36.8 Å². The number of nitrogen functional groups attached to an aromatic ring is 1. The van der Waals surface area contributed by atoms with Crippen LogP contribution in [0, 0.1) is 11.2 Å². The molecule has 4 N–H and O–H groups in total. The number of nitrogens with two attached hydrogens (primary N) is 1. The Morgan fingerprint density at radius 1 is 1.21 bits per heavy atom. The number of piperidine rings is 1. The van der Waals surface area contributed by atoms with Gasteiger partial charge in [-0.25, -0.2) is 9.37 Å². The molecule has 1 aromatic carbocycles. The molecular formula is C24H27Cl2FN6O. The maximum Gasteiger partial charge on any atom is 0.166 e. The number of rotatable bonds is 5. The molecule has 2 aromatic heterocycles. The van der Waals surface area contributed by atoms with Crippen molar-refractivity contribution < 1.29 is 9.13 Å². The van der Waals surface area contributed by atoms with Gasteiger partial charge in [0.1, 0.15) is 11.9 Å². The summed E-state index contributed by atoms with van der Waals surface area (Å²) in [6, 6.07) is 4.82. The number of nitrogens with one attached hydrogen (secondary N) is 2. The topological polar surface area (TPSA) is 90.0 Å². The number of halogens is 3. The number of nitrogens with zero attached hydrogens (tertiary/aromatic N) is 3. The normalized spacial score (nSPS) is 23.4. The Bertz CT molecular complexity index is 1200. The summed E-state index contributed by atoms with van der Waals surface area (Å²) in [5, 5.41) is 12.0. The Balaban J connectivity index is 1.41. The lowest BCUT2D eigenvalue weighted by Crippen LogP contribution is -2.48. The lowest BCUT2D eigenvalue weighted by Gasteiger charge is -2.41. The minimum Gasteiger partial charge on any atom is -0.482 e. The molecule has 10 heteroatoms. The molecule has 3 atom stereocenters. The van der Waals surface area contributed by atoms with Gasteiger partial charge in [-0.05, 0) is 51.1 Å². The first-order valence-corrected chi connectivity index (χ1v) is 12.1. The molecule has 0 saturated carbocycles. The van der Waals surface area contributed by atoms with Crippen molar-refractivity contribution >= 4 is 29.0 Å². The van der Waals surface area contributed by atoms with E-state index < -0.39 is 11.9 Å². The van der Waals surface area contributed by atoms with Gasteiger partial charge >= 0.3 is 0 Å². The lowest BCUT2D eigenvalue weighted by molar-refractivity contribution is 0.129. The highest BCUT2D eigenvalue weighted by molar-refractivity contribution is 6.36. The van der Waals surface area contributed by atoms with E-state index in [1.165, 1.54) is 12.1 Å². The van der Waals surface area contributed by atoms with Crippen LogP contribution in [0.25, 0.3) is 11.1 Å². The molecule has 1 spiro atoms. The molecule has 0 amide bonds. The largest absolute Gasteiger partial charge is 0.482 e. The highest BCUT2D eigenvalue weighted by Gasteiger charge is 2.44. The van der Waals surface area contributed by atoms with Crippen LogP contribution in [0.3, 0.4) is 0 Å². The number of ether oxygens (including phenoxy) is 1. The van der Waals surface area contributed by atoms with E-state index in [9.17, 15) is 4.39 Å². The van der Waals surface area contributed by atoms with Gasteiger partial charge in [0.15, 0.2) is 11.6 Å². The third kappa shape index (κ3) is 4.24. The summed E-state index contributed by atoms with van der Waals surface area (Å²) in [6.07, 6.45) is 7.14. The SMILES string of the molecule is C[C@@H](Oc1cc(-c2cnn(C3CCNCC34CCNC4)c2)cnc1N)c1c(Cl)ccc(F)c1Cl. The summed E-state index contributed by atoms with van der Waals surface area (Å²) >= 11 is 12.4. The summed E-state index contributed by atoms with van der Waals surface area (Å²) in [5.41, 5.74) is 8.38. The highest BCUT2D eigenvalue weighted by atomic mass is 35.5.